The lowest BCUT2D eigenvalue weighted by molar-refractivity contribution is 0.0705. The second-order valence-corrected chi connectivity index (χ2v) is 7.86. The van der Waals surface area contributed by atoms with Gasteiger partial charge < -0.3 is 9.88 Å². The first-order valence-corrected chi connectivity index (χ1v) is 10.3. The van der Waals surface area contributed by atoms with Crippen molar-refractivity contribution >= 4 is 40.3 Å². The molecule has 4 nitrogen and oxygen atoms in total. The van der Waals surface area contributed by atoms with E-state index < -0.39 is 0 Å². The van der Waals surface area contributed by atoms with E-state index in [2.05, 4.69) is 4.98 Å². The molecule has 6 heteroatoms. The smallest absolute Gasteiger partial charge is 0.255 e. The number of rotatable bonds is 3. The molecule has 1 saturated heterocycles. The van der Waals surface area contributed by atoms with E-state index in [-0.39, 0.29) is 11.8 Å². The number of hydrogen-bond acceptors (Lipinski definition) is 3. The zero-order valence-electron chi connectivity index (χ0n) is 14.5. The molecule has 0 spiro atoms. The normalized spacial score (nSPS) is 17.6. The topological polar surface area (TPSA) is 49.0 Å². The third kappa shape index (κ3) is 3.33. The number of hydrogen-bond donors (Lipinski definition) is 1. The summed E-state index contributed by atoms with van der Waals surface area (Å²) in [6, 6.07) is 13.7. The van der Waals surface area contributed by atoms with Crippen molar-refractivity contribution in [2.75, 3.05) is 19.3 Å². The summed E-state index contributed by atoms with van der Waals surface area (Å²) in [5.74, 6) is 1.20. The molecule has 4 rings (SSSR count). The molecule has 0 bridgehead atoms. The zero-order valence-corrected chi connectivity index (χ0v) is 16.1. The van der Waals surface area contributed by atoms with E-state index in [9.17, 15) is 4.79 Å². The largest absolute Gasteiger partial charge is 0.342 e. The Bertz CT molecular complexity index is 922. The minimum absolute atomic E-state index is 0.00621. The van der Waals surface area contributed by atoms with Crippen LogP contribution >= 0.6 is 23.4 Å². The van der Waals surface area contributed by atoms with Crippen LogP contribution in [-0.4, -0.2) is 40.1 Å². The van der Waals surface area contributed by atoms with E-state index in [0.29, 0.717) is 17.1 Å². The number of aromatic nitrogens is 2. The number of amides is 1. The fourth-order valence-electron chi connectivity index (χ4n) is 3.52. The second-order valence-electron chi connectivity index (χ2n) is 6.58. The minimum Gasteiger partial charge on any atom is -0.342 e. The molecule has 1 amide bonds. The van der Waals surface area contributed by atoms with Crippen molar-refractivity contribution in [3.05, 3.63) is 58.9 Å². The molecular formula is C20H20ClN3OS. The second kappa shape index (κ2) is 7.33. The molecule has 1 aliphatic rings. The number of para-hydroxylation sites is 2. The maximum absolute atomic E-state index is 13.0. The first-order valence-electron chi connectivity index (χ1n) is 8.73. The number of H-pyrrole nitrogens is 1. The lowest BCUT2D eigenvalue weighted by atomic mass is 9.96. The first-order chi connectivity index (χ1) is 12.7. The molecule has 134 valence electrons. The highest BCUT2D eigenvalue weighted by Gasteiger charge is 2.28. The molecule has 2 aromatic carbocycles. The van der Waals surface area contributed by atoms with Gasteiger partial charge in [-0.15, -0.1) is 11.8 Å². The van der Waals surface area contributed by atoms with Gasteiger partial charge in [0.2, 0.25) is 0 Å². The fourth-order valence-corrected chi connectivity index (χ4v) is 4.15. The van der Waals surface area contributed by atoms with Crippen molar-refractivity contribution in [3.8, 4) is 0 Å². The van der Waals surface area contributed by atoms with Gasteiger partial charge in [-0.25, -0.2) is 4.98 Å². The Morgan fingerprint density at radius 1 is 1.31 bits per heavy atom. The predicted octanol–water partition coefficient (Wildman–Crippen LogP) is 4.96. The molecule has 0 aliphatic carbocycles. The molecule has 0 unspecified atom stereocenters. The molecule has 1 aliphatic heterocycles. The van der Waals surface area contributed by atoms with E-state index in [4.69, 9.17) is 16.6 Å². The third-order valence-corrected chi connectivity index (χ3v) is 5.96. The van der Waals surface area contributed by atoms with Crippen LogP contribution in [-0.2, 0) is 0 Å². The van der Waals surface area contributed by atoms with Crippen molar-refractivity contribution in [1.29, 1.82) is 0 Å². The highest BCUT2D eigenvalue weighted by atomic mass is 35.5. The van der Waals surface area contributed by atoms with Crippen LogP contribution in [0.3, 0.4) is 0 Å². The third-order valence-electron chi connectivity index (χ3n) is 4.91. The molecule has 0 saturated carbocycles. The summed E-state index contributed by atoms with van der Waals surface area (Å²) in [5, 5.41) is 0.513. The number of fused-ring (bicyclic) bond motifs is 1. The van der Waals surface area contributed by atoms with Gasteiger partial charge in [-0.3, -0.25) is 4.79 Å². The van der Waals surface area contributed by atoms with Crippen LogP contribution in [0.5, 0.6) is 0 Å². The number of carbonyl (C=O) groups is 1. The molecule has 1 N–H and O–H groups in total. The SMILES string of the molecule is CSc1ccc(Cl)c(C(=O)N2CCC[C@@H](c3nc4ccccc4[nH]3)C2)c1. The molecule has 2 heterocycles. The van der Waals surface area contributed by atoms with E-state index in [1.165, 1.54) is 0 Å². The summed E-state index contributed by atoms with van der Waals surface area (Å²) in [7, 11) is 0. The van der Waals surface area contributed by atoms with Crippen molar-refractivity contribution in [2.45, 2.75) is 23.7 Å². The molecule has 1 fully saturated rings. The molecule has 1 atom stereocenters. The highest BCUT2D eigenvalue weighted by Crippen LogP contribution is 2.30. The minimum atomic E-state index is 0.00621. The highest BCUT2D eigenvalue weighted by molar-refractivity contribution is 7.98. The number of piperidine rings is 1. The Morgan fingerprint density at radius 3 is 2.96 bits per heavy atom. The van der Waals surface area contributed by atoms with Gasteiger partial charge in [0.1, 0.15) is 5.82 Å². The average Bonchev–Trinajstić information content (AvgIpc) is 3.12. The van der Waals surface area contributed by atoms with Gasteiger partial charge in [-0.1, -0.05) is 23.7 Å². The van der Waals surface area contributed by atoms with E-state index in [0.717, 1.165) is 41.1 Å². The lowest BCUT2D eigenvalue weighted by Gasteiger charge is -2.32. The van der Waals surface area contributed by atoms with Gasteiger partial charge in [-0.2, -0.15) is 0 Å². The summed E-state index contributed by atoms with van der Waals surface area (Å²) in [6.45, 7) is 1.42. The molecular weight excluding hydrogens is 366 g/mol. The fraction of sp³-hybridized carbons (Fsp3) is 0.300. The summed E-state index contributed by atoms with van der Waals surface area (Å²) < 4.78 is 0. The van der Waals surface area contributed by atoms with Crippen molar-refractivity contribution in [3.63, 3.8) is 0 Å². The Morgan fingerprint density at radius 2 is 2.15 bits per heavy atom. The number of carbonyl (C=O) groups excluding carboxylic acids is 1. The van der Waals surface area contributed by atoms with Crippen LogP contribution in [0.25, 0.3) is 11.0 Å². The van der Waals surface area contributed by atoms with Gasteiger partial charge in [0.05, 0.1) is 21.6 Å². The first kappa shape index (κ1) is 17.4. The standard InChI is InChI=1S/C20H20ClN3OS/c1-26-14-8-9-16(21)15(11-14)20(25)24-10-4-5-13(12-24)19-22-17-6-2-3-7-18(17)23-19/h2-3,6-9,11,13H,4-5,10,12H2,1H3,(H,22,23)/t13-/m1/s1. The maximum atomic E-state index is 13.0. The van der Waals surface area contributed by atoms with Crippen molar-refractivity contribution < 1.29 is 4.79 Å². The number of thioether (sulfide) groups is 1. The van der Waals surface area contributed by atoms with Gasteiger partial charge in [0.15, 0.2) is 0 Å². The summed E-state index contributed by atoms with van der Waals surface area (Å²) in [4.78, 5) is 24.1. The van der Waals surface area contributed by atoms with Gasteiger partial charge in [-0.05, 0) is 49.4 Å². The Balaban J connectivity index is 1.57. The Hall–Kier alpha value is -1.98. The van der Waals surface area contributed by atoms with Crippen molar-refractivity contribution in [1.82, 2.24) is 14.9 Å². The van der Waals surface area contributed by atoms with Crippen LogP contribution < -0.4 is 0 Å². The number of nitrogens with one attached hydrogen (secondary N) is 1. The predicted molar refractivity (Wildman–Crippen MR) is 107 cm³/mol. The van der Waals surface area contributed by atoms with E-state index in [1.807, 2.05) is 47.6 Å². The molecule has 3 aromatic rings. The number of benzene rings is 2. The zero-order chi connectivity index (χ0) is 18.1. The molecule has 1 aromatic heterocycles. The molecule has 26 heavy (non-hydrogen) atoms. The average molecular weight is 386 g/mol. The van der Waals surface area contributed by atoms with Crippen LogP contribution in [0.2, 0.25) is 5.02 Å². The van der Waals surface area contributed by atoms with Gasteiger partial charge >= 0.3 is 0 Å². The quantitative estimate of drug-likeness (QED) is 0.648. The number of likely N-dealkylation sites (tertiary alicyclic amines) is 1. The summed E-state index contributed by atoms with van der Waals surface area (Å²) in [6.07, 6.45) is 3.99. The van der Waals surface area contributed by atoms with Crippen LogP contribution in [0.15, 0.2) is 47.4 Å². The monoisotopic (exact) mass is 385 g/mol. The van der Waals surface area contributed by atoms with Crippen LogP contribution in [0.1, 0.15) is 34.9 Å². The number of halogens is 1. The van der Waals surface area contributed by atoms with Crippen LogP contribution in [0, 0.1) is 0 Å². The Labute approximate surface area is 161 Å². The number of aromatic amines is 1. The van der Waals surface area contributed by atoms with Gasteiger partial charge in [0, 0.05) is 23.9 Å². The lowest BCUT2D eigenvalue weighted by Crippen LogP contribution is -2.39. The number of imidazole rings is 1. The summed E-state index contributed by atoms with van der Waals surface area (Å²) >= 11 is 7.91. The van der Waals surface area contributed by atoms with E-state index >= 15 is 0 Å². The Kier molecular flexibility index (Phi) is 4.92. The van der Waals surface area contributed by atoms with Crippen LogP contribution in [0.4, 0.5) is 0 Å². The van der Waals surface area contributed by atoms with Gasteiger partial charge in [0.25, 0.3) is 5.91 Å². The summed E-state index contributed by atoms with van der Waals surface area (Å²) in [5.41, 5.74) is 2.60. The van der Waals surface area contributed by atoms with E-state index in [1.54, 1.807) is 17.8 Å². The van der Waals surface area contributed by atoms with Crippen molar-refractivity contribution in [2.24, 2.45) is 0 Å². The number of nitrogens with zero attached hydrogens (tertiary/aromatic N) is 2. The maximum Gasteiger partial charge on any atom is 0.255 e. The molecule has 0 radical (unpaired) electrons.